The molecule has 1 aromatic heterocycles. The lowest BCUT2D eigenvalue weighted by Gasteiger charge is -2.25. The van der Waals surface area contributed by atoms with Gasteiger partial charge in [0.25, 0.3) is 0 Å². The Bertz CT molecular complexity index is 974. The maximum Gasteiger partial charge on any atom is 0.235 e. The summed E-state index contributed by atoms with van der Waals surface area (Å²) in [6, 6.07) is 5.80. The number of carbonyl (C=O) groups is 1. The van der Waals surface area contributed by atoms with Crippen molar-refractivity contribution in [3.8, 4) is 0 Å². The molecule has 2 aromatic rings. The zero-order chi connectivity index (χ0) is 20.5. The lowest BCUT2D eigenvalue weighted by Crippen LogP contribution is -2.41. The molecule has 1 amide bonds. The smallest absolute Gasteiger partial charge is 0.235 e. The molecule has 0 unspecified atom stereocenters. The predicted octanol–water partition coefficient (Wildman–Crippen LogP) is 3.02. The zero-order valence-electron chi connectivity index (χ0n) is 16.3. The molecule has 0 spiro atoms. The van der Waals surface area contributed by atoms with E-state index in [4.69, 9.17) is 0 Å². The number of thioether (sulfide) groups is 1. The fraction of sp³-hybridized carbons (Fsp3) is 0.500. The largest absolute Gasteiger partial charge is 0.341 e. The summed E-state index contributed by atoms with van der Waals surface area (Å²) < 4.78 is 24.0. The van der Waals surface area contributed by atoms with Crippen LogP contribution in [0.4, 0.5) is 10.8 Å². The number of nitrogens with one attached hydrogen (secondary N) is 1. The Hall–Kier alpha value is -1.65. The molecule has 0 bridgehead atoms. The van der Waals surface area contributed by atoms with E-state index in [0.29, 0.717) is 15.9 Å². The molecule has 1 aromatic carbocycles. The fourth-order valence-corrected chi connectivity index (χ4v) is 6.84. The average Bonchev–Trinajstić information content (AvgIpc) is 3.23. The second-order valence-electron chi connectivity index (χ2n) is 7.01. The summed E-state index contributed by atoms with van der Waals surface area (Å²) in [4.78, 5) is 14.2. The second-order valence-corrected chi connectivity index (χ2v) is 11.8. The highest BCUT2D eigenvalue weighted by atomic mass is 32.2. The molecule has 0 aliphatic carbocycles. The first-order valence-electron chi connectivity index (χ1n) is 8.97. The maximum absolute atomic E-state index is 12.7. The van der Waals surface area contributed by atoms with Gasteiger partial charge in [0.2, 0.25) is 11.0 Å². The minimum Gasteiger partial charge on any atom is -0.341 e. The molecule has 152 valence electrons. The van der Waals surface area contributed by atoms with Crippen molar-refractivity contribution in [1.29, 1.82) is 0 Å². The molecular formula is C18H24N4O3S3. The van der Waals surface area contributed by atoms with Crippen LogP contribution in [0.3, 0.4) is 0 Å². The van der Waals surface area contributed by atoms with Gasteiger partial charge in [-0.3, -0.25) is 4.79 Å². The van der Waals surface area contributed by atoms with E-state index in [9.17, 15) is 13.2 Å². The van der Waals surface area contributed by atoms with E-state index in [1.165, 1.54) is 28.7 Å². The number of carbonyl (C=O) groups excluding carboxylic acids is 1. The molecule has 0 saturated carbocycles. The second kappa shape index (κ2) is 8.38. The van der Waals surface area contributed by atoms with Gasteiger partial charge < -0.3 is 10.2 Å². The van der Waals surface area contributed by atoms with Crippen molar-refractivity contribution in [2.24, 2.45) is 0 Å². The molecule has 1 fully saturated rings. The number of sulfone groups is 1. The minimum atomic E-state index is -3.02. The van der Waals surface area contributed by atoms with E-state index in [1.54, 1.807) is 11.9 Å². The fourth-order valence-electron chi connectivity index (χ4n) is 3.06. The van der Waals surface area contributed by atoms with Crippen molar-refractivity contribution in [1.82, 2.24) is 15.1 Å². The third kappa shape index (κ3) is 4.84. The number of amides is 1. The Morgan fingerprint density at radius 3 is 2.79 bits per heavy atom. The van der Waals surface area contributed by atoms with Crippen molar-refractivity contribution in [3.05, 3.63) is 29.3 Å². The van der Waals surface area contributed by atoms with Crippen LogP contribution < -0.4 is 5.32 Å². The van der Waals surface area contributed by atoms with Gasteiger partial charge in [-0.1, -0.05) is 35.2 Å². The van der Waals surface area contributed by atoms with E-state index in [2.05, 4.69) is 28.5 Å². The third-order valence-corrected chi connectivity index (χ3v) is 8.74. The van der Waals surface area contributed by atoms with Crippen LogP contribution >= 0.6 is 23.1 Å². The first kappa shape index (κ1) is 21.1. The molecule has 10 heteroatoms. The summed E-state index contributed by atoms with van der Waals surface area (Å²) in [5, 5.41) is 11.9. The first-order valence-corrected chi connectivity index (χ1v) is 12.5. The van der Waals surface area contributed by atoms with Crippen LogP contribution in [0.5, 0.6) is 0 Å². The Labute approximate surface area is 173 Å². The van der Waals surface area contributed by atoms with Gasteiger partial charge in [0.1, 0.15) is 0 Å². The van der Waals surface area contributed by atoms with Crippen LogP contribution in [0.2, 0.25) is 0 Å². The van der Waals surface area contributed by atoms with Crippen LogP contribution in [0.25, 0.3) is 0 Å². The number of rotatable bonds is 6. The lowest BCUT2D eigenvalue weighted by molar-refractivity contribution is -0.130. The molecular weight excluding hydrogens is 416 g/mol. The SMILES string of the molecule is Cc1cccc(Nc2nnc(S[C@H](C)C(=O)N(C)[C@H]3CCS(=O)(=O)C3)s2)c1C. The van der Waals surface area contributed by atoms with Gasteiger partial charge in [-0.05, 0) is 44.4 Å². The van der Waals surface area contributed by atoms with Gasteiger partial charge in [0.15, 0.2) is 14.2 Å². The number of aryl methyl sites for hydroxylation is 1. The molecule has 1 aliphatic rings. The molecule has 1 saturated heterocycles. The topological polar surface area (TPSA) is 92.3 Å². The van der Waals surface area contributed by atoms with Crippen LogP contribution in [-0.2, 0) is 14.6 Å². The van der Waals surface area contributed by atoms with Gasteiger partial charge in [-0.2, -0.15) is 0 Å². The van der Waals surface area contributed by atoms with E-state index in [0.717, 1.165) is 11.3 Å². The van der Waals surface area contributed by atoms with Crippen molar-refractivity contribution < 1.29 is 13.2 Å². The Balaban J connectivity index is 1.61. The van der Waals surface area contributed by atoms with E-state index in [1.807, 2.05) is 26.0 Å². The van der Waals surface area contributed by atoms with Crippen molar-refractivity contribution in [2.45, 2.75) is 42.8 Å². The molecule has 1 aliphatic heterocycles. The highest BCUT2D eigenvalue weighted by Gasteiger charge is 2.34. The van der Waals surface area contributed by atoms with Crippen molar-refractivity contribution in [3.63, 3.8) is 0 Å². The highest BCUT2D eigenvalue weighted by molar-refractivity contribution is 8.02. The maximum atomic E-state index is 12.7. The van der Waals surface area contributed by atoms with Crippen LogP contribution in [0, 0.1) is 13.8 Å². The normalized spacial score (nSPS) is 19.4. The first-order chi connectivity index (χ1) is 13.2. The van der Waals surface area contributed by atoms with Crippen LogP contribution in [-0.4, -0.2) is 59.3 Å². The van der Waals surface area contributed by atoms with Crippen LogP contribution in [0.1, 0.15) is 24.5 Å². The minimum absolute atomic E-state index is 0.0509. The molecule has 2 atom stereocenters. The van der Waals surface area contributed by atoms with Gasteiger partial charge in [-0.15, -0.1) is 10.2 Å². The number of benzene rings is 1. The standard InChI is InChI=1S/C18H24N4O3S3/c1-11-6-5-7-15(12(11)2)19-17-20-21-18(27-17)26-13(3)16(23)22(4)14-8-9-28(24,25)10-14/h5-7,13-14H,8-10H2,1-4H3,(H,19,20)/t13-,14+/m1/s1. The third-order valence-electron chi connectivity index (χ3n) is 4.98. The Kier molecular flexibility index (Phi) is 6.31. The number of anilines is 2. The lowest BCUT2D eigenvalue weighted by atomic mass is 10.1. The van der Waals surface area contributed by atoms with Gasteiger partial charge in [-0.25, -0.2) is 8.42 Å². The van der Waals surface area contributed by atoms with Crippen molar-refractivity contribution in [2.75, 3.05) is 23.9 Å². The van der Waals surface area contributed by atoms with Gasteiger partial charge in [0, 0.05) is 18.8 Å². The Morgan fingerprint density at radius 2 is 2.11 bits per heavy atom. The molecule has 0 radical (unpaired) electrons. The van der Waals surface area contributed by atoms with Gasteiger partial charge >= 0.3 is 0 Å². The van der Waals surface area contributed by atoms with Crippen LogP contribution in [0.15, 0.2) is 22.5 Å². The monoisotopic (exact) mass is 440 g/mol. The van der Waals surface area contributed by atoms with E-state index >= 15 is 0 Å². The summed E-state index contributed by atoms with van der Waals surface area (Å²) in [5.41, 5.74) is 3.34. The molecule has 1 N–H and O–H groups in total. The van der Waals surface area contributed by atoms with E-state index in [-0.39, 0.29) is 28.7 Å². The average molecular weight is 441 g/mol. The molecule has 2 heterocycles. The summed E-state index contributed by atoms with van der Waals surface area (Å²) in [6.45, 7) is 5.92. The zero-order valence-corrected chi connectivity index (χ0v) is 18.7. The number of hydrogen-bond acceptors (Lipinski definition) is 8. The summed E-state index contributed by atoms with van der Waals surface area (Å²) in [5.74, 6) is 0.113. The Morgan fingerprint density at radius 1 is 1.36 bits per heavy atom. The number of aromatic nitrogens is 2. The molecule has 7 nitrogen and oxygen atoms in total. The van der Waals surface area contributed by atoms with Gasteiger partial charge in [0.05, 0.1) is 16.8 Å². The summed E-state index contributed by atoms with van der Waals surface area (Å²) >= 11 is 2.74. The number of hydrogen-bond donors (Lipinski definition) is 1. The highest BCUT2D eigenvalue weighted by Crippen LogP contribution is 2.32. The summed E-state index contributed by atoms with van der Waals surface area (Å²) in [7, 11) is -1.34. The quantitative estimate of drug-likeness (QED) is 0.690. The predicted molar refractivity (Wildman–Crippen MR) is 114 cm³/mol. The van der Waals surface area contributed by atoms with Crippen molar-refractivity contribution >= 4 is 49.7 Å². The number of nitrogens with zero attached hydrogens (tertiary/aromatic N) is 3. The van der Waals surface area contributed by atoms with E-state index < -0.39 is 9.84 Å². The molecule has 3 rings (SSSR count). The molecule has 28 heavy (non-hydrogen) atoms. The summed E-state index contributed by atoms with van der Waals surface area (Å²) in [6.07, 6.45) is 0.505.